The van der Waals surface area contributed by atoms with Crippen molar-refractivity contribution in [3.05, 3.63) is 54.0 Å². The molecule has 3 aromatic rings. The number of pyridine rings is 2. The van der Waals surface area contributed by atoms with Crippen molar-refractivity contribution in [1.82, 2.24) is 9.97 Å². The van der Waals surface area contributed by atoms with Gasteiger partial charge in [-0.25, -0.2) is 0 Å². The third kappa shape index (κ3) is 2.59. The van der Waals surface area contributed by atoms with E-state index in [1.807, 2.05) is 25.3 Å². The highest BCUT2D eigenvalue weighted by Crippen LogP contribution is 2.28. The fraction of sp³-hybridized carbons (Fsp3) is 0.222. The van der Waals surface area contributed by atoms with E-state index in [2.05, 4.69) is 36.2 Å². The Balaban J connectivity index is 2.21. The van der Waals surface area contributed by atoms with Crippen molar-refractivity contribution in [3.8, 4) is 17.0 Å². The molecular weight excluding hydrogens is 260 g/mol. The summed E-state index contributed by atoms with van der Waals surface area (Å²) in [4.78, 5) is 9.15. The van der Waals surface area contributed by atoms with Gasteiger partial charge in [-0.1, -0.05) is 6.92 Å². The van der Waals surface area contributed by atoms with Crippen molar-refractivity contribution in [2.45, 2.75) is 20.3 Å². The molecular formula is C18H18N2O. The SMILES string of the molecule is CCc1nc(-c2ccc(C)nc2)cc2cc(OC)ccc12. The topological polar surface area (TPSA) is 35.0 Å². The zero-order chi connectivity index (χ0) is 14.8. The number of hydrogen-bond acceptors (Lipinski definition) is 3. The highest BCUT2D eigenvalue weighted by Gasteiger charge is 2.08. The second kappa shape index (κ2) is 5.52. The first-order valence-corrected chi connectivity index (χ1v) is 7.12. The minimum Gasteiger partial charge on any atom is -0.497 e. The summed E-state index contributed by atoms with van der Waals surface area (Å²) in [6, 6.07) is 12.3. The van der Waals surface area contributed by atoms with Crippen LogP contribution in [0, 0.1) is 6.92 Å². The van der Waals surface area contributed by atoms with Crippen molar-refractivity contribution in [2.24, 2.45) is 0 Å². The third-order valence-corrected chi connectivity index (χ3v) is 3.66. The van der Waals surface area contributed by atoms with E-state index in [4.69, 9.17) is 9.72 Å². The monoisotopic (exact) mass is 278 g/mol. The summed E-state index contributed by atoms with van der Waals surface area (Å²) in [6.45, 7) is 4.11. The van der Waals surface area contributed by atoms with E-state index in [1.165, 1.54) is 5.39 Å². The minimum absolute atomic E-state index is 0.865. The number of methoxy groups -OCH3 is 1. The zero-order valence-corrected chi connectivity index (χ0v) is 12.6. The molecule has 3 rings (SSSR count). The van der Waals surface area contributed by atoms with Crippen molar-refractivity contribution >= 4 is 10.8 Å². The van der Waals surface area contributed by atoms with Gasteiger partial charge < -0.3 is 4.74 Å². The lowest BCUT2D eigenvalue weighted by Gasteiger charge is -2.10. The lowest BCUT2D eigenvalue weighted by Crippen LogP contribution is -1.94. The van der Waals surface area contributed by atoms with Crippen LogP contribution in [0.15, 0.2) is 42.6 Å². The number of aryl methyl sites for hydroxylation is 2. The molecule has 0 spiro atoms. The normalized spacial score (nSPS) is 10.8. The van der Waals surface area contributed by atoms with Crippen LogP contribution >= 0.6 is 0 Å². The molecule has 3 heteroatoms. The van der Waals surface area contributed by atoms with Crippen LogP contribution in [0.5, 0.6) is 5.75 Å². The summed E-state index contributed by atoms with van der Waals surface area (Å²) >= 11 is 0. The largest absolute Gasteiger partial charge is 0.497 e. The third-order valence-electron chi connectivity index (χ3n) is 3.66. The van der Waals surface area contributed by atoms with Crippen LogP contribution in [0.3, 0.4) is 0 Å². The highest BCUT2D eigenvalue weighted by atomic mass is 16.5. The van der Waals surface area contributed by atoms with Crippen molar-refractivity contribution in [2.75, 3.05) is 7.11 Å². The van der Waals surface area contributed by atoms with Gasteiger partial charge in [0.05, 0.1) is 12.8 Å². The van der Waals surface area contributed by atoms with Crippen LogP contribution < -0.4 is 4.74 Å². The first-order chi connectivity index (χ1) is 10.2. The van der Waals surface area contributed by atoms with Crippen LogP contribution in [0.2, 0.25) is 0 Å². The molecule has 0 radical (unpaired) electrons. The summed E-state index contributed by atoms with van der Waals surface area (Å²) in [7, 11) is 1.69. The first kappa shape index (κ1) is 13.6. The average molecular weight is 278 g/mol. The van der Waals surface area contributed by atoms with Crippen molar-refractivity contribution in [3.63, 3.8) is 0 Å². The molecule has 0 saturated heterocycles. The van der Waals surface area contributed by atoms with Crippen LogP contribution in [0.4, 0.5) is 0 Å². The van der Waals surface area contributed by atoms with Gasteiger partial charge in [0, 0.05) is 28.5 Å². The summed E-state index contributed by atoms with van der Waals surface area (Å²) < 4.78 is 5.32. The van der Waals surface area contributed by atoms with Gasteiger partial charge in [-0.05, 0) is 55.1 Å². The molecule has 0 N–H and O–H groups in total. The molecule has 21 heavy (non-hydrogen) atoms. The van der Waals surface area contributed by atoms with Gasteiger partial charge >= 0.3 is 0 Å². The Morgan fingerprint density at radius 3 is 2.62 bits per heavy atom. The van der Waals surface area contributed by atoms with Gasteiger partial charge in [0.2, 0.25) is 0 Å². The predicted octanol–water partition coefficient (Wildman–Crippen LogP) is 4.18. The van der Waals surface area contributed by atoms with Gasteiger partial charge in [-0.2, -0.15) is 0 Å². The molecule has 0 amide bonds. The Morgan fingerprint density at radius 1 is 1.10 bits per heavy atom. The Kier molecular flexibility index (Phi) is 3.57. The smallest absolute Gasteiger partial charge is 0.119 e. The van der Waals surface area contributed by atoms with Gasteiger partial charge in [-0.15, -0.1) is 0 Å². The Hall–Kier alpha value is -2.42. The maximum atomic E-state index is 5.32. The fourth-order valence-electron chi connectivity index (χ4n) is 2.47. The standard InChI is InChI=1S/C18H18N2O/c1-4-17-16-8-7-15(21-3)9-14(16)10-18(20-17)13-6-5-12(2)19-11-13/h5-11H,4H2,1-3H3. The minimum atomic E-state index is 0.865. The summed E-state index contributed by atoms with van der Waals surface area (Å²) in [5, 5.41) is 2.33. The van der Waals surface area contributed by atoms with E-state index in [1.54, 1.807) is 7.11 Å². The number of aromatic nitrogens is 2. The van der Waals surface area contributed by atoms with Crippen LogP contribution in [-0.4, -0.2) is 17.1 Å². The summed E-state index contributed by atoms with van der Waals surface area (Å²) in [6.07, 6.45) is 2.78. The van der Waals surface area contributed by atoms with Crippen LogP contribution in [-0.2, 0) is 6.42 Å². The molecule has 3 nitrogen and oxygen atoms in total. The van der Waals surface area contributed by atoms with Crippen LogP contribution in [0.25, 0.3) is 22.0 Å². The quantitative estimate of drug-likeness (QED) is 0.721. The summed E-state index contributed by atoms with van der Waals surface area (Å²) in [5.41, 5.74) is 4.11. The molecule has 0 aliphatic heterocycles. The number of benzene rings is 1. The van der Waals surface area contributed by atoms with E-state index >= 15 is 0 Å². The molecule has 1 aromatic carbocycles. The van der Waals surface area contributed by atoms with Crippen molar-refractivity contribution < 1.29 is 4.74 Å². The predicted molar refractivity (Wildman–Crippen MR) is 85.6 cm³/mol. The molecule has 0 bridgehead atoms. The number of hydrogen-bond donors (Lipinski definition) is 0. The lowest BCUT2D eigenvalue weighted by molar-refractivity contribution is 0.415. The second-order valence-electron chi connectivity index (χ2n) is 5.08. The Labute approximate surface area is 124 Å². The van der Waals surface area contributed by atoms with Gasteiger partial charge in [0.1, 0.15) is 5.75 Å². The van der Waals surface area contributed by atoms with Crippen molar-refractivity contribution in [1.29, 1.82) is 0 Å². The number of fused-ring (bicyclic) bond motifs is 1. The highest BCUT2D eigenvalue weighted by molar-refractivity contribution is 5.89. The maximum absolute atomic E-state index is 5.32. The molecule has 0 aliphatic carbocycles. The van der Waals surface area contributed by atoms with Gasteiger partial charge in [0.25, 0.3) is 0 Å². The number of rotatable bonds is 3. The maximum Gasteiger partial charge on any atom is 0.119 e. The first-order valence-electron chi connectivity index (χ1n) is 7.12. The molecule has 0 fully saturated rings. The van der Waals surface area contributed by atoms with Gasteiger partial charge in [-0.3, -0.25) is 9.97 Å². The van der Waals surface area contributed by atoms with E-state index < -0.39 is 0 Å². The molecule has 0 atom stereocenters. The average Bonchev–Trinajstić information content (AvgIpc) is 2.53. The molecule has 106 valence electrons. The molecule has 0 aliphatic rings. The Bertz CT molecular complexity index is 779. The Morgan fingerprint density at radius 2 is 1.95 bits per heavy atom. The van der Waals surface area contributed by atoms with Gasteiger partial charge in [0.15, 0.2) is 0 Å². The molecule has 0 saturated carbocycles. The lowest BCUT2D eigenvalue weighted by atomic mass is 10.0. The van der Waals surface area contributed by atoms with E-state index in [0.717, 1.165) is 40.2 Å². The molecule has 2 heterocycles. The fourth-order valence-corrected chi connectivity index (χ4v) is 2.47. The van der Waals surface area contributed by atoms with Crippen LogP contribution in [0.1, 0.15) is 18.3 Å². The molecule has 2 aromatic heterocycles. The summed E-state index contributed by atoms with van der Waals surface area (Å²) in [5.74, 6) is 0.865. The number of ether oxygens (including phenoxy) is 1. The van der Waals surface area contributed by atoms with E-state index in [-0.39, 0.29) is 0 Å². The van der Waals surface area contributed by atoms with E-state index in [0.29, 0.717) is 0 Å². The van der Waals surface area contributed by atoms with E-state index in [9.17, 15) is 0 Å². The molecule has 0 unspecified atom stereocenters. The zero-order valence-electron chi connectivity index (χ0n) is 12.6. The second-order valence-corrected chi connectivity index (χ2v) is 5.08. The number of nitrogens with zero attached hydrogens (tertiary/aromatic N) is 2.